The van der Waals surface area contributed by atoms with Gasteiger partial charge < -0.3 is 18.9 Å². The molecule has 0 fully saturated rings. The molecule has 2 aliphatic rings. The van der Waals surface area contributed by atoms with Crippen LogP contribution < -0.4 is 18.9 Å². The average Bonchev–Trinajstić information content (AvgIpc) is 3.50. The van der Waals surface area contributed by atoms with Gasteiger partial charge in [-0.25, -0.2) is 0 Å². The van der Waals surface area contributed by atoms with E-state index in [1.807, 2.05) is 22.7 Å². The normalized spacial score (nSPS) is 16.5. The van der Waals surface area contributed by atoms with Gasteiger partial charge in [-0.3, -0.25) is 0 Å². The summed E-state index contributed by atoms with van der Waals surface area (Å²) in [4.78, 5) is 2.32. The molecule has 2 aliphatic heterocycles. The third kappa shape index (κ3) is 10.7. The Labute approximate surface area is 310 Å². The van der Waals surface area contributed by atoms with Crippen molar-refractivity contribution in [2.24, 2.45) is 10.8 Å². The molecule has 2 aromatic rings. The molecular formula is C40H66O4S4. The van der Waals surface area contributed by atoms with E-state index in [1.165, 1.54) is 137 Å². The lowest BCUT2D eigenvalue weighted by Crippen LogP contribution is -2.34. The summed E-state index contributed by atoms with van der Waals surface area (Å²) < 4.78 is 30.1. The molecule has 0 saturated heterocycles. The summed E-state index contributed by atoms with van der Waals surface area (Å²) in [6.07, 6.45) is 29.5. The summed E-state index contributed by atoms with van der Waals surface area (Å²) in [5.74, 6) is 3.77. The monoisotopic (exact) mass is 738 g/mol. The molecule has 0 spiro atoms. The molecule has 0 saturated carbocycles. The van der Waals surface area contributed by atoms with E-state index in [1.54, 1.807) is 23.5 Å². The standard InChI is InChI=1S/C40H66O4S4/c1-7-11-15-19-23-39(24-20-16-12-8-2)27-41-31-33(43-29-39)37(45-5)47-35(31)36-32-34(38(46-6)48-36)44-30-40(28-42-32,25-21-17-13-9-3)26-22-18-14-10-4/h7-30H2,1-6H3. The zero-order valence-corrected chi connectivity index (χ0v) is 34.5. The van der Waals surface area contributed by atoms with Crippen molar-refractivity contribution in [3.05, 3.63) is 0 Å². The van der Waals surface area contributed by atoms with Crippen molar-refractivity contribution in [1.29, 1.82) is 0 Å². The molecule has 8 heteroatoms. The molecule has 48 heavy (non-hydrogen) atoms. The Bertz CT molecular complexity index is 1090. The van der Waals surface area contributed by atoms with Crippen LogP contribution in [0.5, 0.6) is 23.0 Å². The molecule has 4 nitrogen and oxygen atoms in total. The summed E-state index contributed by atoms with van der Waals surface area (Å²) >= 11 is 7.17. The van der Waals surface area contributed by atoms with Crippen LogP contribution in [-0.2, 0) is 0 Å². The number of thiophene rings is 2. The molecular weight excluding hydrogens is 673 g/mol. The van der Waals surface area contributed by atoms with Gasteiger partial charge in [-0.15, -0.1) is 46.2 Å². The number of ether oxygens (including phenoxy) is 4. The molecule has 0 unspecified atom stereocenters. The highest BCUT2D eigenvalue weighted by Crippen LogP contribution is 2.61. The van der Waals surface area contributed by atoms with Crippen LogP contribution in [0.25, 0.3) is 9.75 Å². The topological polar surface area (TPSA) is 36.9 Å². The Morgan fingerprint density at radius 3 is 1.00 bits per heavy atom. The molecule has 274 valence electrons. The van der Waals surface area contributed by atoms with Gasteiger partial charge in [0.1, 0.15) is 8.42 Å². The van der Waals surface area contributed by atoms with Crippen LogP contribution in [0.15, 0.2) is 8.42 Å². The van der Waals surface area contributed by atoms with Gasteiger partial charge in [0.2, 0.25) is 0 Å². The van der Waals surface area contributed by atoms with Crippen LogP contribution in [0, 0.1) is 10.8 Å². The van der Waals surface area contributed by atoms with Gasteiger partial charge in [0.15, 0.2) is 23.0 Å². The van der Waals surface area contributed by atoms with E-state index >= 15 is 0 Å². The SMILES string of the molecule is CCCCCCC1(CCCCCC)COc2c(SC)sc(-c3sc(SC)c4c3OCC(CCCCCC)(CCCCCC)CO4)c2OC1. The van der Waals surface area contributed by atoms with E-state index in [2.05, 4.69) is 40.2 Å². The minimum atomic E-state index is 0.0661. The fraction of sp³-hybridized carbons (Fsp3) is 0.800. The Kier molecular flexibility index (Phi) is 17.5. The number of hydrogen-bond donors (Lipinski definition) is 0. The van der Waals surface area contributed by atoms with Gasteiger partial charge in [-0.05, 0) is 38.2 Å². The van der Waals surface area contributed by atoms with Crippen LogP contribution in [-0.4, -0.2) is 38.9 Å². The summed E-state index contributed by atoms with van der Waals surface area (Å²) in [6, 6.07) is 0. The highest BCUT2D eigenvalue weighted by Gasteiger charge is 2.40. The molecule has 0 aliphatic carbocycles. The van der Waals surface area contributed by atoms with Crippen molar-refractivity contribution in [3.63, 3.8) is 0 Å². The highest BCUT2D eigenvalue weighted by molar-refractivity contribution is 8.01. The first-order chi connectivity index (χ1) is 23.5. The molecule has 0 amide bonds. The van der Waals surface area contributed by atoms with Gasteiger partial charge in [0.05, 0.1) is 36.2 Å². The number of hydrogen-bond acceptors (Lipinski definition) is 8. The first kappa shape index (κ1) is 40.1. The van der Waals surface area contributed by atoms with E-state index in [-0.39, 0.29) is 10.8 Å². The third-order valence-corrected chi connectivity index (χ3v) is 15.2. The summed E-state index contributed by atoms with van der Waals surface area (Å²) in [7, 11) is 0. The third-order valence-electron chi connectivity index (χ3n) is 10.5. The zero-order valence-electron chi connectivity index (χ0n) is 31.2. The van der Waals surface area contributed by atoms with Gasteiger partial charge in [-0.1, -0.05) is 130 Å². The van der Waals surface area contributed by atoms with Gasteiger partial charge >= 0.3 is 0 Å². The molecule has 0 atom stereocenters. The Balaban J connectivity index is 1.62. The number of rotatable bonds is 23. The fourth-order valence-corrected chi connectivity index (χ4v) is 11.2. The molecule has 0 radical (unpaired) electrons. The molecule has 4 rings (SSSR count). The van der Waals surface area contributed by atoms with Crippen LogP contribution in [0.2, 0.25) is 0 Å². The minimum absolute atomic E-state index is 0.0661. The number of unbranched alkanes of at least 4 members (excludes halogenated alkanes) is 12. The average molecular weight is 739 g/mol. The van der Waals surface area contributed by atoms with E-state index in [0.717, 1.165) is 59.2 Å². The largest absolute Gasteiger partial charge is 0.487 e. The second-order valence-electron chi connectivity index (χ2n) is 14.6. The van der Waals surface area contributed by atoms with Gasteiger partial charge in [0.25, 0.3) is 0 Å². The lowest BCUT2D eigenvalue weighted by atomic mass is 9.79. The van der Waals surface area contributed by atoms with Crippen molar-refractivity contribution in [1.82, 2.24) is 0 Å². The summed E-state index contributed by atoms with van der Waals surface area (Å²) in [6.45, 7) is 12.1. The first-order valence-corrected chi connectivity index (χ1v) is 23.5. The molecule has 4 heterocycles. The Morgan fingerprint density at radius 2 is 0.729 bits per heavy atom. The lowest BCUT2D eigenvalue weighted by molar-refractivity contribution is 0.0774. The maximum Gasteiger partial charge on any atom is 0.186 e. The fourth-order valence-electron chi connectivity index (χ4n) is 7.36. The predicted octanol–water partition coefficient (Wildman–Crippen LogP) is 14.3. The summed E-state index contributed by atoms with van der Waals surface area (Å²) in [5.41, 5.74) is 0.132. The van der Waals surface area contributed by atoms with E-state index in [9.17, 15) is 0 Å². The zero-order chi connectivity index (χ0) is 34.2. The second kappa shape index (κ2) is 21.0. The Morgan fingerprint density at radius 1 is 0.438 bits per heavy atom. The van der Waals surface area contributed by atoms with E-state index < -0.39 is 0 Å². The molecule has 0 bridgehead atoms. The van der Waals surface area contributed by atoms with Crippen LogP contribution in [0.4, 0.5) is 0 Å². The van der Waals surface area contributed by atoms with Crippen LogP contribution in [0.1, 0.15) is 156 Å². The van der Waals surface area contributed by atoms with E-state index in [4.69, 9.17) is 18.9 Å². The highest BCUT2D eigenvalue weighted by atomic mass is 32.2. The van der Waals surface area contributed by atoms with Crippen molar-refractivity contribution >= 4 is 46.2 Å². The second-order valence-corrected chi connectivity index (χ2v) is 18.8. The van der Waals surface area contributed by atoms with Crippen molar-refractivity contribution < 1.29 is 18.9 Å². The van der Waals surface area contributed by atoms with Gasteiger partial charge in [0, 0.05) is 10.8 Å². The quantitative estimate of drug-likeness (QED) is 0.0835. The molecule has 0 aromatic carbocycles. The molecule has 0 N–H and O–H groups in total. The molecule has 2 aromatic heterocycles. The summed E-state index contributed by atoms with van der Waals surface area (Å²) in [5, 5.41) is 0. The number of fused-ring (bicyclic) bond motifs is 2. The first-order valence-electron chi connectivity index (χ1n) is 19.4. The minimum Gasteiger partial charge on any atom is -0.487 e. The predicted molar refractivity (Wildman–Crippen MR) is 213 cm³/mol. The Hall–Kier alpha value is -0.700. The van der Waals surface area contributed by atoms with E-state index in [0.29, 0.717) is 0 Å². The maximum absolute atomic E-state index is 6.98. The van der Waals surface area contributed by atoms with Crippen molar-refractivity contribution in [2.45, 2.75) is 165 Å². The maximum atomic E-state index is 6.98. The lowest BCUT2D eigenvalue weighted by Gasteiger charge is -2.31. The van der Waals surface area contributed by atoms with Crippen LogP contribution in [0.3, 0.4) is 0 Å². The van der Waals surface area contributed by atoms with Crippen LogP contribution >= 0.6 is 46.2 Å². The number of thioether (sulfide) groups is 2. The van der Waals surface area contributed by atoms with Gasteiger partial charge in [-0.2, -0.15) is 0 Å². The smallest absolute Gasteiger partial charge is 0.186 e. The van der Waals surface area contributed by atoms with Crippen molar-refractivity contribution in [2.75, 3.05) is 38.9 Å². The van der Waals surface area contributed by atoms with Crippen molar-refractivity contribution in [3.8, 4) is 32.8 Å².